The summed E-state index contributed by atoms with van der Waals surface area (Å²) in [6.45, 7) is 4.52. The molecule has 4 nitrogen and oxygen atoms in total. The summed E-state index contributed by atoms with van der Waals surface area (Å²) in [6, 6.07) is 16.6. The molecule has 118 valence electrons. The fourth-order valence-corrected chi connectivity index (χ4v) is 2.99. The number of nitrogens with zero attached hydrogens (tertiary/aromatic N) is 2. The molecule has 1 saturated heterocycles. The topological polar surface area (TPSA) is 40.6 Å². The van der Waals surface area contributed by atoms with Crippen LogP contribution in [0.25, 0.3) is 0 Å². The van der Waals surface area contributed by atoms with Gasteiger partial charge >= 0.3 is 0 Å². The predicted octanol–water partition coefficient (Wildman–Crippen LogP) is 2.93. The van der Waals surface area contributed by atoms with Gasteiger partial charge in [0.05, 0.1) is 0 Å². The molecule has 0 radical (unpaired) electrons. The van der Waals surface area contributed by atoms with E-state index in [0.717, 1.165) is 16.8 Å². The molecule has 3 rings (SSSR count). The maximum absolute atomic E-state index is 13.1. The monoisotopic (exact) mass is 308 g/mol. The number of benzene rings is 2. The van der Waals surface area contributed by atoms with Crippen molar-refractivity contribution in [1.82, 2.24) is 4.90 Å². The zero-order chi connectivity index (χ0) is 16.4. The Morgan fingerprint density at radius 3 is 2.26 bits per heavy atom. The van der Waals surface area contributed by atoms with Crippen molar-refractivity contribution in [2.24, 2.45) is 0 Å². The molecule has 1 aliphatic heterocycles. The first-order chi connectivity index (χ1) is 11.1. The number of amides is 2. The lowest BCUT2D eigenvalue weighted by atomic mass is 10.0. The minimum atomic E-state index is -0.552. The number of hydrogen-bond acceptors (Lipinski definition) is 2. The number of rotatable bonds is 3. The lowest BCUT2D eigenvalue weighted by Gasteiger charge is -2.40. The number of carbonyl (C=O) groups is 2. The SMILES string of the molecule is CCN1C(=O)CN(c2ccc(C)cc2)C(=O)[C@H]1c1ccccc1. The third kappa shape index (κ3) is 2.84. The van der Waals surface area contributed by atoms with E-state index < -0.39 is 6.04 Å². The van der Waals surface area contributed by atoms with E-state index in [1.54, 1.807) is 9.80 Å². The second kappa shape index (κ2) is 6.24. The van der Waals surface area contributed by atoms with Crippen LogP contribution in [0.3, 0.4) is 0 Å². The molecule has 0 N–H and O–H groups in total. The second-order valence-electron chi connectivity index (χ2n) is 5.75. The Morgan fingerprint density at radius 2 is 1.65 bits per heavy atom. The summed E-state index contributed by atoms with van der Waals surface area (Å²) in [5, 5.41) is 0. The fraction of sp³-hybridized carbons (Fsp3) is 0.263. The van der Waals surface area contributed by atoms with E-state index in [2.05, 4.69) is 0 Å². The van der Waals surface area contributed by atoms with Crippen LogP contribution < -0.4 is 4.90 Å². The first kappa shape index (κ1) is 15.3. The molecule has 1 aliphatic rings. The van der Waals surface area contributed by atoms with Crippen LogP contribution in [0.5, 0.6) is 0 Å². The smallest absolute Gasteiger partial charge is 0.254 e. The molecule has 1 fully saturated rings. The number of anilines is 1. The molecule has 0 aromatic heterocycles. The van der Waals surface area contributed by atoms with Gasteiger partial charge in [-0.1, -0.05) is 48.0 Å². The van der Waals surface area contributed by atoms with Crippen LogP contribution in [0.15, 0.2) is 54.6 Å². The number of carbonyl (C=O) groups excluding carboxylic acids is 2. The van der Waals surface area contributed by atoms with E-state index in [1.807, 2.05) is 68.4 Å². The van der Waals surface area contributed by atoms with Crippen LogP contribution >= 0.6 is 0 Å². The third-order valence-corrected chi connectivity index (χ3v) is 4.23. The predicted molar refractivity (Wildman–Crippen MR) is 90.1 cm³/mol. The van der Waals surface area contributed by atoms with Gasteiger partial charge in [-0.05, 0) is 31.5 Å². The number of hydrogen-bond donors (Lipinski definition) is 0. The number of likely N-dealkylation sites (N-methyl/N-ethyl adjacent to an activating group) is 1. The maximum Gasteiger partial charge on any atom is 0.254 e. The van der Waals surface area contributed by atoms with E-state index >= 15 is 0 Å². The van der Waals surface area contributed by atoms with E-state index in [1.165, 1.54) is 0 Å². The van der Waals surface area contributed by atoms with E-state index in [-0.39, 0.29) is 18.4 Å². The van der Waals surface area contributed by atoms with Gasteiger partial charge < -0.3 is 9.80 Å². The minimum Gasteiger partial charge on any atom is -0.325 e. The van der Waals surface area contributed by atoms with Crippen molar-refractivity contribution in [3.05, 3.63) is 65.7 Å². The normalized spacial score (nSPS) is 18.4. The average Bonchev–Trinajstić information content (AvgIpc) is 2.58. The van der Waals surface area contributed by atoms with Crippen LogP contribution in [0.2, 0.25) is 0 Å². The summed E-state index contributed by atoms with van der Waals surface area (Å²) in [4.78, 5) is 28.8. The van der Waals surface area contributed by atoms with Crippen molar-refractivity contribution in [2.45, 2.75) is 19.9 Å². The van der Waals surface area contributed by atoms with Gasteiger partial charge in [-0.25, -0.2) is 0 Å². The van der Waals surface area contributed by atoms with Crippen LogP contribution in [0, 0.1) is 6.92 Å². The standard InChI is InChI=1S/C19H20N2O2/c1-3-20-17(22)13-21(16-11-9-14(2)10-12-16)19(23)18(20)15-7-5-4-6-8-15/h4-12,18H,3,13H2,1-2H3/t18-/m1/s1. The van der Waals surface area contributed by atoms with Crippen molar-refractivity contribution >= 4 is 17.5 Å². The summed E-state index contributed by atoms with van der Waals surface area (Å²) in [5.41, 5.74) is 2.74. The van der Waals surface area contributed by atoms with Gasteiger partial charge in [-0.3, -0.25) is 9.59 Å². The fourth-order valence-electron chi connectivity index (χ4n) is 2.99. The lowest BCUT2D eigenvalue weighted by molar-refractivity contribution is -0.143. The average molecular weight is 308 g/mol. The molecular weight excluding hydrogens is 288 g/mol. The zero-order valence-electron chi connectivity index (χ0n) is 13.4. The van der Waals surface area contributed by atoms with Crippen molar-refractivity contribution in [3.63, 3.8) is 0 Å². The highest BCUT2D eigenvalue weighted by Crippen LogP contribution is 2.30. The number of aryl methyl sites for hydroxylation is 1. The molecule has 0 unspecified atom stereocenters. The summed E-state index contributed by atoms with van der Waals surface area (Å²) in [7, 11) is 0. The third-order valence-electron chi connectivity index (χ3n) is 4.23. The Labute approximate surface area is 136 Å². The zero-order valence-corrected chi connectivity index (χ0v) is 13.4. The molecule has 23 heavy (non-hydrogen) atoms. The summed E-state index contributed by atoms with van der Waals surface area (Å²) < 4.78 is 0. The van der Waals surface area contributed by atoms with Crippen molar-refractivity contribution in [3.8, 4) is 0 Å². The van der Waals surface area contributed by atoms with Crippen LogP contribution in [-0.2, 0) is 9.59 Å². The molecule has 4 heteroatoms. The van der Waals surface area contributed by atoms with E-state index in [0.29, 0.717) is 6.54 Å². The summed E-state index contributed by atoms with van der Waals surface area (Å²) in [6.07, 6.45) is 0. The van der Waals surface area contributed by atoms with Crippen LogP contribution in [0.1, 0.15) is 24.1 Å². The minimum absolute atomic E-state index is 0.0264. The van der Waals surface area contributed by atoms with Gasteiger partial charge in [0.2, 0.25) is 5.91 Å². The Hall–Kier alpha value is -2.62. The lowest BCUT2D eigenvalue weighted by Crippen LogP contribution is -2.55. The molecule has 0 saturated carbocycles. The Balaban J connectivity index is 2.00. The van der Waals surface area contributed by atoms with Crippen molar-refractivity contribution in [1.29, 1.82) is 0 Å². The first-order valence-corrected chi connectivity index (χ1v) is 7.84. The molecule has 0 aliphatic carbocycles. The number of piperazine rings is 1. The molecular formula is C19H20N2O2. The molecule has 2 aromatic carbocycles. The van der Waals surface area contributed by atoms with Gasteiger partial charge in [-0.2, -0.15) is 0 Å². The highest BCUT2D eigenvalue weighted by Gasteiger charge is 2.39. The van der Waals surface area contributed by atoms with E-state index in [9.17, 15) is 9.59 Å². The quantitative estimate of drug-likeness (QED) is 0.875. The highest BCUT2D eigenvalue weighted by molar-refractivity contribution is 6.06. The van der Waals surface area contributed by atoms with Crippen molar-refractivity contribution in [2.75, 3.05) is 18.0 Å². The van der Waals surface area contributed by atoms with Gasteiger partial charge in [0.25, 0.3) is 5.91 Å². The molecule has 1 heterocycles. The van der Waals surface area contributed by atoms with Crippen LogP contribution in [0.4, 0.5) is 5.69 Å². The Bertz CT molecular complexity index is 710. The molecule has 0 spiro atoms. The summed E-state index contributed by atoms with van der Waals surface area (Å²) in [5.74, 6) is -0.0805. The second-order valence-corrected chi connectivity index (χ2v) is 5.75. The Morgan fingerprint density at radius 1 is 1.00 bits per heavy atom. The molecule has 2 amide bonds. The van der Waals surface area contributed by atoms with Gasteiger partial charge in [0.15, 0.2) is 0 Å². The first-order valence-electron chi connectivity index (χ1n) is 7.84. The van der Waals surface area contributed by atoms with Crippen molar-refractivity contribution < 1.29 is 9.59 Å². The highest BCUT2D eigenvalue weighted by atomic mass is 16.2. The summed E-state index contributed by atoms with van der Waals surface area (Å²) >= 11 is 0. The molecule has 0 bridgehead atoms. The Kier molecular flexibility index (Phi) is 4.15. The molecule has 2 aromatic rings. The van der Waals surface area contributed by atoms with Crippen LogP contribution in [-0.4, -0.2) is 29.8 Å². The largest absolute Gasteiger partial charge is 0.325 e. The van der Waals surface area contributed by atoms with Gasteiger partial charge in [0.1, 0.15) is 12.6 Å². The van der Waals surface area contributed by atoms with Gasteiger partial charge in [0, 0.05) is 12.2 Å². The molecule has 1 atom stereocenters. The maximum atomic E-state index is 13.1. The van der Waals surface area contributed by atoms with E-state index in [4.69, 9.17) is 0 Å². The van der Waals surface area contributed by atoms with Gasteiger partial charge in [-0.15, -0.1) is 0 Å².